The number of hydrogen-bond donors (Lipinski definition) is 3. The number of sulfonamides is 1. The number of carbonyl (C=O) groups is 3. The van der Waals surface area contributed by atoms with Crippen LogP contribution in [0.4, 0.5) is 4.79 Å². The highest BCUT2D eigenvalue weighted by Gasteiger charge is 2.42. The van der Waals surface area contributed by atoms with Crippen LogP contribution in [0.3, 0.4) is 0 Å². The molecule has 0 aromatic carbocycles. The molecule has 11 heteroatoms. The highest BCUT2D eigenvalue weighted by atomic mass is 32.2. The fourth-order valence-electron chi connectivity index (χ4n) is 3.57. The van der Waals surface area contributed by atoms with Gasteiger partial charge in [-0.25, -0.2) is 8.42 Å². The van der Waals surface area contributed by atoms with Gasteiger partial charge in [0.05, 0.1) is 23.2 Å². The third-order valence-electron chi connectivity index (χ3n) is 5.40. The van der Waals surface area contributed by atoms with Gasteiger partial charge in [0.1, 0.15) is 0 Å². The first-order chi connectivity index (χ1) is 13.6. The zero-order valence-corrected chi connectivity index (χ0v) is 17.6. The van der Waals surface area contributed by atoms with E-state index in [9.17, 15) is 27.9 Å². The van der Waals surface area contributed by atoms with Crippen LogP contribution in [0, 0.1) is 11.8 Å². The SMILES string of the molecule is CN(CCCC/C=C\BC(=O)NS(=O)(=O)C1CC1)C(=O)[C@@H]1C[C@H](O)C[C@H]1C(N)=O. The number of nitrogens with two attached hydrogens (primary N) is 1. The van der Waals surface area contributed by atoms with Crippen molar-refractivity contribution in [3.8, 4) is 0 Å². The molecule has 0 aliphatic heterocycles. The zero-order valence-electron chi connectivity index (χ0n) is 16.7. The van der Waals surface area contributed by atoms with E-state index in [-0.39, 0.29) is 26.0 Å². The molecule has 2 aliphatic rings. The van der Waals surface area contributed by atoms with E-state index in [2.05, 4.69) is 4.72 Å². The van der Waals surface area contributed by atoms with E-state index < -0.39 is 44.9 Å². The first kappa shape index (κ1) is 23.4. The topological polar surface area (TPSA) is 147 Å². The molecule has 0 radical (unpaired) electrons. The molecule has 0 saturated heterocycles. The first-order valence-electron chi connectivity index (χ1n) is 10.0. The summed E-state index contributed by atoms with van der Waals surface area (Å²) in [6.07, 6.45) is 5.11. The minimum absolute atomic E-state index is 0.0167. The van der Waals surface area contributed by atoms with Crippen molar-refractivity contribution in [3.05, 3.63) is 12.1 Å². The maximum atomic E-state index is 12.5. The lowest BCUT2D eigenvalue weighted by molar-refractivity contribution is -0.139. The first-order valence-corrected chi connectivity index (χ1v) is 11.6. The van der Waals surface area contributed by atoms with Crippen LogP contribution in [0.1, 0.15) is 44.9 Å². The normalized spacial score (nSPS) is 24.4. The molecule has 0 unspecified atom stereocenters. The van der Waals surface area contributed by atoms with Gasteiger partial charge in [-0.3, -0.25) is 19.1 Å². The van der Waals surface area contributed by atoms with Crippen LogP contribution in [0.25, 0.3) is 0 Å². The number of unbranched alkanes of at least 4 members (excludes halogenated alkanes) is 2. The predicted octanol–water partition coefficient (Wildman–Crippen LogP) is -0.360. The Morgan fingerprint density at radius 2 is 1.86 bits per heavy atom. The standard InChI is InChI=1S/C18H30BN3O6S/c1-22(17(25)15-11-12(23)10-14(15)16(20)24)9-5-3-2-4-8-19-18(26)21-29(27,28)13-6-7-13/h4,8,12-15,19,23H,2-3,5-7,9-11H2,1H3,(H2,20,24)(H,21,26)/b8-4-/t12-,14-,15-/m1/s1. The van der Waals surface area contributed by atoms with Crippen molar-refractivity contribution >= 4 is 34.9 Å². The second-order valence-corrected chi connectivity index (χ2v) is 9.90. The van der Waals surface area contributed by atoms with Gasteiger partial charge in [-0.15, -0.1) is 5.98 Å². The smallest absolute Gasteiger partial charge is 0.260 e. The van der Waals surface area contributed by atoms with Crippen molar-refractivity contribution in [2.45, 2.75) is 56.3 Å². The van der Waals surface area contributed by atoms with Crippen molar-refractivity contribution in [2.24, 2.45) is 17.6 Å². The second kappa shape index (κ2) is 10.2. The van der Waals surface area contributed by atoms with Crippen molar-refractivity contribution in [3.63, 3.8) is 0 Å². The molecule has 4 N–H and O–H groups in total. The third kappa shape index (κ3) is 7.15. The Balaban J connectivity index is 1.62. The lowest BCUT2D eigenvalue weighted by Gasteiger charge is -2.23. The van der Waals surface area contributed by atoms with Crippen LogP contribution in [-0.2, 0) is 19.6 Å². The molecule has 162 valence electrons. The quantitative estimate of drug-likeness (QED) is 0.303. The zero-order chi connectivity index (χ0) is 21.6. The van der Waals surface area contributed by atoms with Crippen molar-refractivity contribution in [1.29, 1.82) is 0 Å². The molecule has 2 fully saturated rings. The maximum Gasteiger partial charge on any atom is 0.260 e. The summed E-state index contributed by atoms with van der Waals surface area (Å²) in [5.74, 6) is -0.775. The number of rotatable bonds is 11. The summed E-state index contributed by atoms with van der Waals surface area (Å²) in [6.45, 7) is 0.519. The molecule has 2 saturated carbocycles. The fourth-order valence-corrected chi connectivity index (χ4v) is 4.90. The summed E-state index contributed by atoms with van der Waals surface area (Å²) in [5, 5.41) is 9.31. The van der Waals surface area contributed by atoms with E-state index in [1.54, 1.807) is 17.9 Å². The average molecular weight is 427 g/mol. The molecule has 9 nitrogen and oxygen atoms in total. The average Bonchev–Trinajstić information content (AvgIpc) is 3.42. The molecule has 29 heavy (non-hydrogen) atoms. The molecule has 0 heterocycles. The summed E-state index contributed by atoms with van der Waals surface area (Å²) < 4.78 is 25.4. The van der Waals surface area contributed by atoms with Gasteiger partial charge in [0.15, 0.2) is 5.81 Å². The van der Waals surface area contributed by atoms with Crippen LogP contribution in [0.15, 0.2) is 12.1 Å². The molecule has 2 aliphatic carbocycles. The number of nitrogens with one attached hydrogen (secondary N) is 1. The van der Waals surface area contributed by atoms with Crippen LogP contribution in [0.2, 0.25) is 0 Å². The largest absolute Gasteiger partial charge is 0.393 e. The van der Waals surface area contributed by atoms with Gasteiger partial charge in [0, 0.05) is 13.6 Å². The summed E-state index contributed by atoms with van der Waals surface area (Å²) in [7, 11) is -1.80. The monoisotopic (exact) mass is 427 g/mol. The van der Waals surface area contributed by atoms with E-state index in [1.165, 1.54) is 0 Å². The Labute approximate surface area is 172 Å². The number of aliphatic hydroxyl groups excluding tert-OH is 1. The molecular formula is C18H30BN3O6S. The van der Waals surface area contributed by atoms with Gasteiger partial charge in [-0.05, 0) is 44.9 Å². The highest BCUT2D eigenvalue weighted by molar-refractivity contribution is 7.91. The molecule has 0 aromatic rings. The number of amides is 3. The minimum atomic E-state index is -3.49. The number of hydrogen-bond acceptors (Lipinski definition) is 6. The third-order valence-corrected chi connectivity index (χ3v) is 7.26. The minimum Gasteiger partial charge on any atom is -0.393 e. The van der Waals surface area contributed by atoms with Gasteiger partial charge < -0.3 is 15.7 Å². The van der Waals surface area contributed by atoms with E-state index >= 15 is 0 Å². The second-order valence-electron chi connectivity index (χ2n) is 7.94. The summed E-state index contributed by atoms with van der Waals surface area (Å²) in [5.41, 5.74) is 5.34. The number of carbonyl (C=O) groups excluding carboxylic acids is 3. The number of allylic oxidation sites excluding steroid dienone is 1. The van der Waals surface area contributed by atoms with Crippen molar-refractivity contribution in [1.82, 2.24) is 9.62 Å². The van der Waals surface area contributed by atoms with Crippen LogP contribution in [0.5, 0.6) is 0 Å². The summed E-state index contributed by atoms with van der Waals surface area (Å²) in [4.78, 5) is 37.2. The Kier molecular flexibility index (Phi) is 8.27. The van der Waals surface area contributed by atoms with E-state index in [4.69, 9.17) is 5.73 Å². The molecule has 0 aromatic heterocycles. The predicted molar refractivity (Wildman–Crippen MR) is 110 cm³/mol. The highest BCUT2D eigenvalue weighted by Crippen LogP contribution is 2.33. The Bertz CT molecular complexity index is 753. The fraction of sp³-hybridized carbons (Fsp3) is 0.722. The van der Waals surface area contributed by atoms with Crippen LogP contribution < -0.4 is 10.5 Å². The van der Waals surface area contributed by atoms with Gasteiger partial charge in [0.25, 0.3) is 7.28 Å². The number of aliphatic hydroxyl groups is 1. The molecular weight excluding hydrogens is 397 g/mol. The number of primary amides is 1. The lowest BCUT2D eigenvalue weighted by atomic mass is 9.77. The molecule has 3 atom stereocenters. The Morgan fingerprint density at radius 3 is 2.48 bits per heavy atom. The summed E-state index contributed by atoms with van der Waals surface area (Å²) in [6, 6.07) is 0. The van der Waals surface area contributed by atoms with E-state index in [0.717, 1.165) is 12.8 Å². The molecule has 0 bridgehead atoms. The van der Waals surface area contributed by atoms with Gasteiger partial charge in [-0.2, -0.15) is 0 Å². The molecule has 3 amide bonds. The number of nitrogens with zero attached hydrogens (tertiary/aromatic N) is 1. The maximum absolute atomic E-state index is 12.5. The van der Waals surface area contributed by atoms with Crippen molar-refractivity contribution < 1.29 is 27.9 Å². The Morgan fingerprint density at radius 1 is 1.21 bits per heavy atom. The lowest BCUT2D eigenvalue weighted by Crippen LogP contribution is -2.39. The Hall–Kier alpha value is -1.88. The molecule has 0 spiro atoms. The van der Waals surface area contributed by atoms with E-state index in [1.807, 2.05) is 6.08 Å². The van der Waals surface area contributed by atoms with Crippen LogP contribution >= 0.6 is 0 Å². The van der Waals surface area contributed by atoms with Gasteiger partial charge in [-0.1, -0.05) is 6.08 Å². The van der Waals surface area contributed by atoms with E-state index in [0.29, 0.717) is 25.8 Å². The van der Waals surface area contributed by atoms with Gasteiger partial charge >= 0.3 is 0 Å². The summed E-state index contributed by atoms with van der Waals surface area (Å²) >= 11 is 0. The van der Waals surface area contributed by atoms with Gasteiger partial charge in [0.2, 0.25) is 21.8 Å². The molecule has 2 rings (SSSR count). The van der Waals surface area contributed by atoms with Crippen LogP contribution in [-0.4, -0.2) is 68.3 Å². The van der Waals surface area contributed by atoms with Crippen molar-refractivity contribution in [2.75, 3.05) is 13.6 Å².